The van der Waals surface area contributed by atoms with Gasteiger partial charge in [0, 0.05) is 24.1 Å². The van der Waals surface area contributed by atoms with Gasteiger partial charge in [-0.05, 0) is 5.21 Å². The van der Waals surface area contributed by atoms with Gasteiger partial charge in [0.2, 0.25) is 11.7 Å². The molecule has 0 unspecified atom stereocenters. The molecule has 0 radical (unpaired) electrons. The van der Waals surface area contributed by atoms with Crippen molar-refractivity contribution in [3.8, 4) is 22.9 Å². The lowest BCUT2D eigenvalue weighted by Gasteiger charge is -2.12. The number of fused-ring (bicyclic) bond motifs is 1. The van der Waals surface area contributed by atoms with Gasteiger partial charge in [-0.15, -0.1) is 10.2 Å². The van der Waals surface area contributed by atoms with E-state index in [1.807, 2.05) is 30.3 Å². The molecule has 0 saturated carbocycles. The lowest BCUT2D eigenvalue weighted by molar-refractivity contribution is -0.117. The molecule has 1 aromatic heterocycles. The third-order valence-electron chi connectivity index (χ3n) is 3.88. The lowest BCUT2D eigenvalue weighted by atomic mass is 10.2. The summed E-state index contributed by atoms with van der Waals surface area (Å²) in [5.41, 5.74) is 1.27. The standard InChI is InChI=1S/C18H16ClN5O3/c19-13-9-15-16(27-8-4-7-26-15)10-14(13)20-17(25)11-24-22-18(21-23-24)12-5-2-1-3-6-12/h1-3,5-6,9-10H,4,7-8,11H2,(H,20,25). The number of nitrogens with zero attached hydrogens (tertiary/aromatic N) is 4. The van der Waals surface area contributed by atoms with Crippen molar-refractivity contribution < 1.29 is 14.3 Å². The van der Waals surface area contributed by atoms with Crippen molar-refractivity contribution in [3.63, 3.8) is 0 Å². The van der Waals surface area contributed by atoms with E-state index in [9.17, 15) is 4.79 Å². The van der Waals surface area contributed by atoms with E-state index in [0.29, 0.717) is 41.2 Å². The van der Waals surface area contributed by atoms with Gasteiger partial charge in [0.25, 0.3) is 0 Å². The van der Waals surface area contributed by atoms with Crippen LogP contribution < -0.4 is 14.8 Å². The molecule has 0 saturated heterocycles. The number of aromatic nitrogens is 4. The van der Waals surface area contributed by atoms with Crippen LogP contribution in [0.5, 0.6) is 11.5 Å². The molecule has 138 valence electrons. The van der Waals surface area contributed by atoms with Crippen LogP contribution in [0.2, 0.25) is 5.02 Å². The number of anilines is 1. The third-order valence-corrected chi connectivity index (χ3v) is 4.19. The number of halogens is 1. The molecule has 3 aromatic rings. The molecule has 8 nitrogen and oxygen atoms in total. The molecular formula is C18H16ClN5O3. The van der Waals surface area contributed by atoms with Gasteiger partial charge in [-0.25, -0.2) is 0 Å². The first-order chi connectivity index (χ1) is 13.2. The molecule has 27 heavy (non-hydrogen) atoms. The van der Waals surface area contributed by atoms with Gasteiger partial charge in [-0.1, -0.05) is 41.9 Å². The lowest BCUT2D eigenvalue weighted by Crippen LogP contribution is -2.20. The van der Waals surface area contributed by atoms with Crippen LogP contribution in [-0.4, -0.2) is 39.3 Å². The summed E-state index contributed by atoms with van der Waals surface area (Å²) in [6.45, 7) is 1.02. The molecule has 2 aromatic carbocycles. The fourth-order valence-corrected chi connectivity index (χ4v) is 2.81. The van der Waals surface area contributed by atoms with Gasteiger partial charge >= 0.3 is 0 Å². The van der Waals surface area contributed by atoms with E-state index in [0.717, 1.165) is 12.0 Å². The summed E-state index contributed by atoms with van der Waals surface area (Å²) in [5, 5.41) is 15.2. The van der Waals surface area contributed by atoms with Gasteiger partial charge in [-0.3, -0.25) is 4.79 Å². The van der Waals surface area contributed by atoms with E-state index in [2.05, 4.69) is 20.7 Å². The van der Waals surface area contributed by atoms with E-state index in [1.165, 1.54) is 4.80 Å². The summed E-state index contributed by atoms with van der Waals surface area (Å²) in [5.74, 6) is 1.25. The van der Waals surface area contributed by atoms with Gasteiger partial charge in [-0.2, -0.15) is 4.80 Å². The van der Waals surface area contributed by atoms with E-state index in [1.54, 1.807) is 12.1 Å². The molecule has 1 amide bonds. The number of hydrogen-bond acceptors (Lipinski definition) is 6. The van der Waals surface area contributed by atoms with Crippen LogP contribution in [0.4, 0.5) is 5.69 Å². The van der Waals surface area contributed by atoms with Crippen LogP contribution in [0.3, 0.4) is 0 Å². The molecule has 1 aliphatic heterocycles. The van der Waals surface area contributed by atoms with E-state index in [-0.39, 0.29) is 12.5 Å². The Balaban J connectivity index is 1.46. The number of rotatable bonds is 4. The number of benzene rings is 2. The molecule has 0 atom stereocenters. The van der Waals surface area contributed by atoms with Crippen LogP contribution in [0.15, 0.2) is 42.5 Å². The van der Waals surface area contributed by atoms with Crippen molar-refractivity contribution in [1.29, 1.82) is 0 Å². The molecule has 2 heterocycles. The maximum Gasteiger partial charge on any atom is 0.248 e. The first-order valence-electron chi connectivity index (χ1n) is 8.41. The number of carbonyl (C=O) groups is 1. The van der Waals surface area contributed by atoms with Crippen molar-refractivity contribution >= 4 is 23.2 Å². The summed E-state index contributed by atoms with van der Waals surface area (Å²) in [7, 11) is 0. The Bertz CT molecular complexity index is 961. The highest BCUT2D eigenvalue weighted by atomic mass is 35.5. The van der Waals surface area contributed by atoms with Gasteiger partial charge < -0.3 is 14.8 Å². The van der Waals surface area contributed by atoms with E-state index >= 15 is 0 Å². The molecule has 0 spiro atoms. The molecule has 0 fully saturated rings. The van der Waals surface area contributed by atoms with Gasteiger partial charge in [0.15, 0.2) is 11.5 Å². The van der Waals surface area contributed by atoms with Crippen molar-refractivity contribution in [3.05, 3.63) is 47.5 Å². The number of nitrogens with one attached hydrogen (secondary N) is 1. The quantitative estimate of drug-likeness (QED) is 0.742. The van der Waals surface area contributed by atoms with Crippen molar-refractivity contribution in [2.24, 2.45) is 0 Å². The monoisotopic (exact) mass is 385 g/mol. The van der Waals surface area contributed by atoms with Crippen molar-refractivity contribution in [1.82, 2.24) is 20.2 Å². The minimum Gasteiger partial charge on any atom is -0.490 e. The second-order valence-electron chi connectivity index (χ2n) is 5.89. The average molecular weight is 386 g/mol. The SMILES string of the molecule is O=C(Cn1nnc(-c2ccccc2)n1)Nc1cc2c(cc1Cl)OCCCO2. The zero-order valence-corrected chi connectivity index (χ0v) is 15.0. The predicted octanol–water partition coefficient (Wildman–Crippen LogP) is 2.79. The Morgan fingerprint density at radius 1 is 1.15 bits per heavy atom. The summed E-state index contributed by atoms with van der Waals surface area (Å²) >= 11 is 6.25. The van der Waals surface area contributed by atoms with Crippen LogP contribution >= 0.6 is 11.6 Å². The van der Waals surface area contributed by atoms with Crippen molar-refractivity contribution in [2.45, 2.75) is 13.0 Å². The Morgan fingerprint density at radius 3 is 2.67 bits per heavy atom. The Kier molecular flexibility index (Phi) is 4.88. The van der Waals surface area contributed by atoms with E-state index < -0.39 is 0 Å². The zero-order valence-electron chi connectivity index (χ0n) is 14.3. The maximum absolute atomic E-state index is 12.3. The highest BCUT2D eigenvalue weighted by molar-refractivity contribution is 6.34. The Labute approximate surface area is 160 Å². The highest BCUT2D eigenvalue weighted by Gasteiger charge is 2.16. The molecule has 1 N–H and O–H groups in total. The number of ether oxygens (including phenoxy) is 2. The Hall–Kier alpha value is -3.13. The van der Waals surface area contributed by atoms with E-state index in [4.69, 9.17) is 21.1 Å². The zero-order chi connectivity index (χ0) is 18.6. The highest BCUT2D eigenvalue weighted by Crippen LogP contribution is 2.37. The second kappa shape index (κ2) is 7.63. The predicted molar refractivity (Wildman–Crippen MR) is 98.9 cm³/mol. The molecule has 4 rings (SSSR count). The average Bonchev–Trinajstić information content (AvgIpc) is 3.01. The minimum absolute atomic E-state index is 0.0927. The first kappa shape index (κ1) is 17.3. The fraction of sp³-hybridized carbons (Fsp3) is 0.222. The van der Waals surface area contributed by atoms with Crippen LogP contribution in [0.25, 0.3) is 11.4 Å². The largest absolute Gasteiger partial charge is 0.490 e. The summed E-state index contributed by atoms with van der Waals surface area (Å²) in [6.07, 6.45) is 0.787. The molecule has 0 aliphatic carbocycles. The topological polar surface area (TPSA) is 91.2 Å². The summed E-state index contributed by atoms with van der Waals surface area (Å²) in [6, 6.07) is 12.7. The molecule has 0 bridgehead atoms. The minimum atomic E-state index is -0.330. The number of tetrazole rings is 1. The number of amides is 1. The van der Waals surface area contributed by atoms with Crippen LogP contribution in [0.1, 0.15) is 6.42 Å². The number of hydrogen-bond donors (Lipinski definition) is 1. The summed E-state index contributed by atoms with van der Waals surface area (Å²) < 4.78 is 11.2. The fourth-order valence-electron chi connectivity index (χ4n) is 2.61. The molecular weight excluding hydrogens is 370 g/mol. The normalized spacial score (nSPS) is 13.1. The molecule has 9 heteroatoms. The van der Waals surface area contributed by atoms with Gasteiger partial charge in [0.05, 0.1) is 23.9 Å². The van der Waals surface area contributed by atoms with Gasteiger partial charge in [0.1, 0.15) is 6.54 Å². The third kappa shape index (κ3) is 4.01. The van der Waals surface area contributed by atoms with Crippen molar-refractivity contribution in [2.75, 3.05) is 18.5 Å². The van der Waals surface area contributed by atoms with Crippen LogP contribution in [-0.2, 0) is 11.3 Å². The maximum atomic E-state index is 12.3. The van der Waals surface area contributed by atoms with Crippen LogP contribution in [0, 0.1) is 0 Å². The first-order valence-corrected chi connectivity index (χ1v) is 8.79. The Morgan fingerprint density at radius 2 is 1.89 bits per heavy atom. The second-order valence-corrected chi connectivity index (χ2v) is 6.29. The summed E-state index contributed by atoms with van der Waals surface area (Å²) in [4.78, 5) is 13.6. The number of carbonyl (C=O) groups excluding carboxylic acids is 1. The molecule has 1 aliphatic rings. The smallest absolute Gasteiger partial charge is 0.248 e.